The molecule has 172 valence electrons. The van der Waals surface area contributed by atoms with Crippen molar-refractivity contribution in [1.82, 2.24) is 19.8 Å². The number of rotatable bonds is 6. The molecular formula is C20H22F2N4O5S. The van der Waals surface area contributed by atoms with Crippen molar-refractivity contribution >= 4 is 40.8 Å². The van der Waals surface area contributed by atoms with Crippen molar-refractivity contribution in [3.63, 3.8) is 0 Å². The predicted molar refractivity (Wildman–Crippen MR) is 110 cm³/mol. The molecule has 1 aromatic heterocycles. The molecule has 32 heavy (non-hydrogen) atoms. The highest BCUT2D eigenvalue weighted by Gasteiger charge is 2.44. The average Bonchev–Trinajstić information content (AvgIpc) is 3.35. The maximum Gasteiger partial charge on any atom is 0.410 e. The first-order chi connectivity index (χ1) is 15.4. The highest BCUT2D eigenvalue weighted by molar-refractivity contribution is 7.99. The number of thioether (sulfide) groups is 1. The van der Waals surface area contributed by atoms with E-state index in [0.29, 0.717) is 31.1 Å². The fourth-order valence-electron chi connectivity index (χ4n) is 3.96. The molecule has 9 nitrogen and oxygen atoms in total. The molecule has 0 aliphatic carbocycles. The molecule has 1 N–H and O–H groups in total. The Morgan fingerprint density at radius 1 is 1.31 bits per heavy atom. The van der Waals surface area contributed by atoms with Gasteiger partial charge in [-0.05, 0) is 25.8 Å². The SMILES string of the molecule is CCOC(=O)C1COC(=O)N1C1CCN(C(=O)CSc2nc3c(F)cc(F)cc3[nH]2)CC1. The zero-order valence-electron chi connectivity index (χ0n) is 17.3. The van der Waals surface area contributed by atoms with Gasteiger partial charge in [-0.15, -0.1) is 0 Å². The molecule has 1 aromatic carbocycles. The van der Waals surface area contributed by atoms with Crippen molar-refractivity contribution in [3.05, 3.63) is 23.8 Å². The Bertz CT molecular complexity index is 1040. The molecule has 0 radical (unpaired) electrons. The zero-order chi connectivity index (χ0) is 22.8. The lowest BCUT2D eigenvalue weighted by Gasteiger charge is -2.37. The van der Waals surface area contributed by atoms with E-state index in [9.17, 15) is 23.2 Å². The van der Waals surface area contributed by atoms with Gasteiger partial charge in [-0.2, -0.15) is 0 Å². The molecular weight excluding hydrogens is 446 g/mol. The maximum absolute atomic E-state index is 13.8. The first kappa shape index (κ1) is 22.3. The highest BCUT2D eigenvalue weighted by atomic mass is 32.2. The molecule has 0 bridgehead atoms. The average molecular weight is 468 g/mol. The molecule has 2 fully saturated rings. The molecule has 0 spiro atoms. The van der Waals surface area contributed by atoms with Crippen LogP contribution in [0.3, 0.4) is 0 Å². The van der Waals surface area contributed by atoms with Gasteiger partial charge in [-0.3, -0.25) is 9.69 Å². The number of carbonyl (C=O) groups excluding carboxylic acids is 3. The van der Waals surface area contributed by atoms with Gasteiger partial charge in [0.1, 0.15) is 17.9 Å². The number of aromatic amines is 1. The first-order valence-electron chi connectivity index (χ1n) is 10.2. The van der Waals surface area contributed by atoms with Crippen molar-refractivity contribution < 1.29 is 32.6 Å². The summed E-state index contributed by atoms with van der Waals surface area (Å²) in [4.78, 5) is 46.9. The van der Waals surface area contributed by atoms with Crippen LogP contribution in [0.15, 0.2) is 17.3 Å². The number of nitrogens with zero attached hydrogens (tertiary/aromatic N) is 3. The minimum Gasteiger partial charge on any atom is -0.464 e. The summed E-state index contributed by atoms with van der Waals surface area (Å²) in [6, 6.07) is 0.929. The number of hydrogen-bond donors (Lipinski definition) is 1. The number of cyclic esters (lactones) is 1. The van der Waals surface area contributed by atoms with E-state index in [2.05, 4.69) is 9.97 Å². The van der Waals surface area contributed by atoms with Crippen LogP contribution < -0.4 is 0 Å². The Morgan fingerprint density at radius 3 is 2.78 bits per heavy atom. The number of amides is 2. The molecule has 2 saturated heterocycles. The van der Waals surface area contributed by atoms with Crippen molar-refractivity contribution in [2.24, 2.45) is 0 Å². The number of H-pyrrole nitrogens is 1. The lowest BCUT2D eigenvalue weighted by molar-refractivity contribution is -0.148. The van der Waals surface area contributed by atoms with E-state index in [1.807, 2.05) is 0 Å². The highest BCUT2D eigenvalue weighted by Crippen LogP contribution is 2.26. The normalized spacial score (nSPS) is 19.5. The van der Waals surface area contributed by atoms with Gasteiger partial charge in [0.05, 0.1) is 17.9 Å². The Labute approximate surface area is 186 Å². The third-order valence-corrected chi connectivity index (χ3v) is 6.35. The molecule has 2 amide bonds. The topological polar surface area (TPSA) is 105 Å². The zero-order valence-corrected chi connectivity index (χ0v) is 18.1. The van der Waals surface area contributed by atoms with Crippen molar-refractivity contribution in [2.75, 3.05) is 32.1 Å². The van der Waals surface area contributed by atoms with Crippen LogP contribution in [-0.2, 0) is 19.1 Å². The fourth-order valence-corrected chi connectivity index (χ4v) is 4.74. The van der Waals surface area contributed by atoms with Crippen molar-refractivity contribution in [1.29, 1.82) is 0 Å². The molecule has 1 unspecified atom stereocenters. The van der Waals surface area contributed by atoms with Crippen molar-refractivity contribution in [3.8, 4) is 0 Å². The third-order valence-electron chi connectivity index (χ3n) is 5.50. The van der Waals surface area contributed by atoms with Gasteiger partial charge in [0.2, 0.25) is 5.91 Å². The number of nitrogens with one attached hydrogen (secondary N) is 1. The molecule has 2 aromatic rings. The predicted octanol–water partition coefficient (Wildman–Crippen LogP) is 2.31. The van der Waals surface area contributed by atoms with E-state index in [0.717, 1.165) is 23.9 Å². The number of aromatic nitrogens is 2. The number of carbonyl (C=O) groups is 3. The number of imidazole rings is 1. The summed E-state index contributed by atoms with van der Waals surface area (Å²) in [5, 5.41) is 0.324. The number of hydrogen-bond acceptors (Lipinski definition) is 7. The summed E-state index contributed by atoms with van der Waals surface area (Å²) in [6.45, 7) is 2.72. The van der Waals surface area contributed by atoms with Crippen LogP contribution in [0.1, 0.15) is 19.8 Å². The summed E-state index contributed by atoms with van der Waals surface area (Å²) in [5.74, 6) is -2.02. The van der Waals surface area contributed by atoms with E-state index in [4.69, 9.17) is 9.47 Å². The van der Waals surface area contributed by atoms with Gasteiger partial charge < -0.3 is 19.4 Å². The lowest BCUT2D eigenvalue weighted by atomic mass is 10.0. The maximum atomic E-state index is 13.8. The molecule has 12 heteroatoms. The Morgan fingerprint density at radius 2 is 2.06 bits per heavy atom. The number of benzene rings is 1. The second kappa shape index (κ2) is 9.31. The van der Waals surface area contributed by atoms with Crippen LogP contribution in [0.2, 0.25) is 0 Å². The van der Waals surface area contributed by atoms with Gasteiger partial charge >= 0.3 is 12.1 Å². The first-order valence-corrected chi connectivity index (χ1v) is 11.2. The van der Waals surface area contributed by atoms with E-state index in [-0.39, 0.29) is 41.9 Å². The molecule has 3 heterocycles. The number of fused-ring (bicyclic) bond motifs is 1. The van der Waals surface area contributed by atoms with Gasteiger partial charge in [-0.1, -0.05) is 11.8 Å². The van der Waals surface area contributed by atoms with E-state index >= 15 is 0 Å². The summed E-state index contributed by atoms with van der Waals surface area (Å²) in [7, 11) is 0. The Balaban J connectivity index is 1.31. The summed E-state index contributed by atoms with van der Waals surface area (Å²) < 4.78 is 37.2. The van der Waals surface area contributed by atoms with Gasteiger partial charge in [-0.25, -0.2) is 23.4 Å². The number of piperidine rings is 1. The number of likely N-dealkylation sites (tertiary alicyclic amines) is 1. The van der Waals surface area contributed by atoms with Crippen LogP contribution >= 0.6 is 11.8 Å². The van der Waals surface area contributed by atoms with E-state index in [1.165, 1.54) is 4.90 Å². The molecule has 2 aliphatic heterocycles. The van der Waals surface area contributed by atoms with Gasteiger partial charge in [0.25, 0.3) is 0 Å². The van der Waals surface area contributed by atoms with Crippen LogP contribution in [0.4, 0.5) is 13.6 Å². The summed E-state index contributed by atoms with van der Waals surface area (Å²) in [5.41, 5.74) is 0.253. The minimum absolute atomic E-state index is 0.0239. The summed E-state index contributed by atoms with van der Waals surface area (Å²) >= 11 is 1.11. The van der Waals surface area contributed by atoms with Crippen molar-refractivity contribution in [2.45, 2.75) is 37.0 Å². The van der Waals surface area contributed by atoms with Crippen LogP contribution in [0.5, 0.6) is 0 Å². The van der Waals surface area contributed by atoms with Crippen LogP contribution in [-0.4, -0.2) is 81.9 Å². The number of halogens is 2. The third kappa shape index (κ3) is 4.50. The second-order valence-corrected chi connectivity index (χ2v) is 8.44. The second-order valence-electron chi connectivity index (χ2n) is 7.48. The molecule has 2 aliphatic rings. The van der Waals surface area contributed by atoms with E-state index in [1.54, 1.807) is 11.8 Å². The van der Waals surface area contributed by atoms with Crippen LogP contribution in [0.25, 0.3) is 11.0 Å². The lowest BCUT2D eigenvalue weighted by Crippen LogP contribution is -2.52. The van der Waals surface area contributed by atoms with Crippen LogP contribution in [0, 0.1) is 11.6 Å². The molecule has 0 saturated carbocycles. The quantitative estimate of drug-likeness (QED) is 0.512. The molecule has 1 atom stereocenters. The monoisotopic (exact) mass is 468 g/mol. The fraction of sp³-hybridized carbons (Fsp3) is 0.500. The Kier molecular flexibility index (Phi) is 6.49. The molecule has 4 rings (SSSR count). The Hall–Kier alpha value is -2.89. The van der Waals surface area contributed by atoms with Gasteiger partial charge in [0.15, 0.2) is 17.0 Å². The smallest absolute Gasteiger partial charge is 0.410 e. The summed E-state index contributed by atoms with van der Waals surface area (Å²) in [6.07, 6.45) is 0.476. The van der Waals surface area contributed by atoms with E-state index < -0.39 is 29.7 Å². The number of esters is 1. The largest absolute Gasteiger partial charge is 0.464 e. The number of ether oxygens (including phenoxy) is 2. The van der Waals surface area contributed by atoms with Gasteiger partial charge in [0, 0.05) is 25.2 Å². The minimum atomic E-state index is -0.766. The standard InChI is InChI=1S/C20H22F2N4O5S/c1-2-30-18(28)15-9-31-20(29)26(15)12-3-5-25(6-4-12)16(27)10-32-19-23-14-8-11(21)7-13(22)17(14)24-19/h7-8,12,15H,2-6,9-10H2,1H3,(H,23,24).